The van der Waals surface area contributed by atoms with Gasteiger partial charge in [0.05, 0.1) is 0 Å². The molecular weight excluding hydrogens is 410 g/mol. The van der Waals surface area contributed by atoms with E-state index >= 15 is 0 Å². The molecule has 0 unspecified atom stereocenters. The largest absolute Gasteiger partial charge is 0.507 e. The van der Waals surface area contributed by atoms with Gasteiger partial charge in [0.1, 0.15) is 23.6 Å². The van der Waals surface area contributed by atoms with Crippen molar-refractivity contribution in [1.82, 2.24) is 5.32 Å². The fourth-order valence-corrected chi connectivity index (χ4v) is 4.37. The van der Waals surface area contributed by atoms with Crippen molar-refractivity contribution in [2.45, 2.75) is 12.0 Å². The Labute approximate surface area is 185 Å². The van der Waals surface area contributed by atoms with Gasteiger partial charge in [-0.1, -0.05) is 66.2 Å². The first-order chi connectivity index (χ1) is 15.1. The van der Waals surface area contributed by atoms with Crippen LogP contribution in [0.3, 0.4) is 0 Å². The topological polar surface area (TPSA) is 58.6 Å². The molecular formula is C26H20ClNO3. The molecule has 0 aliphatic carbocycles. The average molecular weight is 430 g/mol. The van der Waals surface area contributed by atoms with Gasteiger partial charge in [-0.15, -0.1) is 0 Å². The molecule has 0 spiro atoms. The molecule has 1 atom stereocenters. The van der Waals surface area contributed by atoms with Crippen molar-refractivity contribution < 1.29 is 14.6 Å². The first-order valence-corrected chi connectivity index (χ1v) is 10.4. The molecule has 5 heteroatoms. The molecule has 5 rings (SSSR count). The summed E-state index contributed by atoms with van der Waals surface area (Å²) in [6, 6.07) is 26.0. The maximum Gasteiger partial charge on any atom is 0.252 e. The van der Waals surface area contributed by atoms with E-state index in [9.17, 15) is 9.90 Å². The van der Waals surface area contributed by atoms with Gasteiger partial charge in [0.2, 0.25) is 0 Å². The van der Waals surface area contributed by atoms with Crippen molar-refractivity contribution >= 4 is 28.3 Å². The number of carbonyl (C=O) groups is 1. The molecule has 1 amide bonds. The van der Waals surface area contributed by atoms with Gasteiger partial charge >= 0.3 is 0 Å². The van der Waals surface area contributed by atoms with Crippen molar-refractivity contribution in [1.29, 1.82) is 0 Å². The quantitative estimate of drug-likeness (QED) is 0.453. The highest BCUT2D eigenvalue weighted by Crippen LogP contribution is 2.46. The number of halogens is 1. The molecule has 0 fully saturated rings. The van der Waals surface area contributed by atoms with Crippen molar-refractivity contribution in [3.05, 3.63) is 107 Å². The van der Waals surface area contributed by atoms with Crippen LogP contribution in [0.1, 0.15) is 21.5 Å². The first kappa shape index (κ1) is 19.5. The van der Waals surface area contributed by atoms with Crippen LogP contribution in [0.15, 0.2) is 84.9 Å². The third kappa shape index (κ3) is 3.49. The predicted octanol–water partition coefficient (Wildman–Crippen LogP) is 5.46. The number of hydrogen-bond donors (Lipinski definition) is 2. The van der Waals surface area contributed by atoms with Crippen LogP contribution in [0.5, 0.6) is 11.5 Å². The van der Waals surface area contributed by atoms with Crippen LogP contribution >= 0.6 is 11.6 Å². The summed E-state index contributed by atoms with van der Waals surface area (Å²) >= 11 is 5.98. The number of fused-ring (bicyclic) bond motifs is 3. The number of ether oxygens (including phenoxy) is 1. The maximum absolute atomic E-state index is 13.2. The zero-order chi connectivity index (χ0) is 21.4. The highest BCUT2D eigenvalue weighted by molar-refractivity contribution is 6.30. The molecule has 154 valence electrons. The molecule has 4 nitrogen and oxygen atoms in total. The Morgan fingerprint density at radius 1 is 0.968 bits per heavy atom. The van der Waals surface area contributed by atoms with E-state index in [1.807, 2.05) is 54.6 Å². The summed E-state index contributed by atoms with van der Waals surface area (Å²) in [5, 5.41) is 16.1. The van der Waals surface area contributed by atoms with Crippen LogP contribution in [0.25, 0.3) is 10.8 Å². The molecule has 4 aromatic rings. The Balaban J connectivity index is 1.63. The highest BCUT2D eigenvalue weighted by atomic mass is 35.5. The number of hydrogen-bond acceptors (Lipinski definition) is 3. The molecule has 4 aromatic carbocycles. The molecule has 1 aliphatic rings. The fraction of sp³-hybridized carbons (Fsp3) is 0.115. The fourth-order valence-electron chi connectivity index (χ4n) is 4.24. The predicted molar refractivity (Wildman–Crippen MR) is 122 cm³/mol. The summed E-state index contributed by atoms with van der Waals surface area (Å²) in [6.45, 7) is 0.268. The molecule has 0 bridgehead atoms. The molecule has 0 aromatic heterocycles. The van der Waals surface area contributed by atoms with E-state index < -0.39 is 5.54 Å². The SMILES string of the molecule is O=C(N[C@@]1(Cc2ccccc2)COc2c1cc(O)c1ccccc21)c1ccc(Cl)cc1. The minimum atomic E-state index is -0.824. The second kappa shape index (κ2) is 7.64. The van der Waals surface area contributed by atoms with E-state index in [1.165, 1.54) is 0 Å². The molecule has 31 heavy (non-hydrogen) atoms. The van der Waals surface area contributed by atoms with Gasteiger partial charge in [-0.2, -0.15) is 0 Å². The zero-order valence-corrected chi connectivity index (χ0v) is 17.4. The van der Waals surface area contributed by atoms with Gasteiger partial charge in [-0.05, 0) is 35.9 Å². The Morgan fingerprint density at radius 3 is 2.39 bits per heavy atom. The smallest absolute Gasteiger partial charge is 0.252 e. The van der Waals surface area contributed by atoms with Gasteiger partial charge in [0.15, 0.2) is 0 Å². The molecule has 2 N–H and O–H groups in total. The normalized spacial score (nSPS) is 17.2. The van der Waals surface area contributed by atoms with Crippen LogP contribution < -0.4 is 10.1 Å². The van der Waals surface area contributed by atoms with Crippen LogP contribution in [-0.4, -0.2) is 17.6 Å². The van der Waals surface area contributed by atoms with Gasteiger partial charge in [-0.3, -0.25) is 4.79 Å². The van der Waals surface area contributed by atoms with E-state index in [4.69, 9.17) is 16.3 Å². The number of benzene rings is 4. The van der Waals surface area contributed by atoms with E-state index in [1.54, 1.807) is 30.3 Å². The minimum absolute atomic E-state index is 0.165. The minimum Gasteiger partial charge on any atom is -0.507 e. The lowest BCUT2D eigenvalue weighted by atomic mass is 9.84. The standard InChI is InChI=1S/C26H20ClNO3/c27-19-12-10-18(11-13-19)25(30)28-26(15-17-6-2-1-3-7-17)16-31-24-21-9-5-4-8-20(21)23(29)14-22(24)26/h1-14,29H,15-16H2,(H,28,30)/t26-/m0/s1. The van der Waals surface area contributed by atoms with Crippen molar-refractivity contribution in [2.24, 2.45) is 0 Å². The number of phenolic OH excluding ortho intramolecular Hbond substituents is 1. The lowest BCUT2D eigenvalue weighted by molar-refractivity contribution is 0.0877. The summed E-state index contributed by atoms with van der Waals surface area (Å²) in [5.41, 5.74) is 1.52. The van der Waals surface area contributed by atoms with Crippen molar-refractivity contribution in [2.75, 3.05) is 6.61 Å². The average Bonchev–Trinajstić information content (AvgIpc) is 3.13. The van der Waals surface area contributed by atoms with Gasteiger partial charge in [0, 0.05) is 33.3 Å². The van der Waals surface area contributed by atoms with Gasteiger partial charge < -0.3 is 15.2 Å². The molecule has 1 aliphatic heterocycles. The molecule has 0 radical (unpaired) electrons. The lowest BCUT2D eigenvalue weighted by Gasteiger charge is -2.30. The van der Waals surface area contributed by atoms with Gasteiger partial charge in [0.25, 0.3) is 5.91 Å². The van der Waals surface area contributed by atoms with Gasteiger partial charge in [-0.25, -0.2) is 0 Å². The maximum atomic E-state index is 13.2. The highest BCUT2D eigenvalue weighted by Gasteiger charge is 2.43. The number of amides is 1. The summed E-state index contributed by atoms with van der Waals surface area (Å²) in [5.74, 6) is 0.635. The Hall–Kier alpha value is -3.50. The number of nitrogens with one attached hydrogen (secondary N) is 1. The number of phenols is 1. The van der Waals surface area contributed by atoms with E-state index in [0.717, 1.165) is 21.9 Å². The van der Waals surface area contributed by atoms with E-state index in [-0.39, 0.29) is 18.3 Å². The van der Waals surface area contributed by atoms with Crippen LogP contribution in [-0.2, 0) is 12.0 Å². The Morgan fingerprint density at radius 2 is 1.65 bits per heavy atom. The summed E-state index contributed by atoms with van der Waals surface area (Å²) < 4.78 is 6.16. The van der Waals surface area contributed by atoms with Crippen LogP contribution in [0.4, 0.5) is 0 Å². The Bertz CT molecular complexity index is 1270. The molecule has 0 saturated carbocycles. The monoisotopic (exact) mass is 429 g/mol. The summed E-state index contributed by atoms with van der Waals surface area (Å²) in [7, 11) is 0. The van der Waals surface area contributed by atoms with Crippen LogP contribution in [0.2, 0.25) is 5.02 Å². The van der Waals surface area contributed by atoms with Crippen LogP contribution in [0, 0.1) is 0 Å². The number of rotatable bonds is 4. The third-order valence-corrected chi connectivity index (χ3v) is 6.01. The van der Waals surface area contributed by atoms with Crippen molar-refractivity contribution in [3.8, 4) is 11.5 Å². The van der Waals surface area contributed by atoms with E-state index in [0.29, 0.717) is 22.8 Å². The van der Waals surface area contributed by atoms with E-state index in [2.05, 4.69) is 5.32 Å². The number of aromatic hydroxyl groups is 1. The third-order valence-electron chi connectivity index (χ3n) is 5.76. The summed E-state index contributed by atoms with van der Waals surface area (Å²) in [6.07, 6.45) is 0.526. The lowest BCUT2D eigenvalue weighted by Crippen LogP contribution is -2.49. The van der Waals surface area contributed by atoms with Crippen molar-refractivity contribution in [3.63, 3.8) is 0 Å². The second-order valence-corrected chi connectivity index (χ2v) is 8.25. The number of carbonyl (C=O) groups excluding carboxylic acids is 1. The molecule has 1 heterocycles. The molecule has 0 saturated heterocycles. The Kier molecular flexibility index (Phi) is 4.79. The zero-order valence-electron chi connectivity index (χ0n) is 16.6. The first-order valence-electron chi connectivity index (χ1n) is 10.1. The summed E-state index contributed by atoms with van der Waals surface area (Å²) in [4.78, 5) is 13.2. The second-order valence-electron chi connectivity index (χ2n) is 7.81.